The van der Waals surface area contributed by atoms with Crippen molar-refractivity contribution in [3.63, 3.8) is 0 Å². The molecule has 0 aliphatic heterocycles. The molecular formula is C30H39NO2. The van der Waals surface area contributed by atoms with Crippen molar-refractivity contribution in [2.75, 3.05) is 19.7 Å². The number of hydrogen-bond donors (Lipinski definition) is 2. The second kappa shape index (κ2) is 13.8. The first-order valence-corrected chi connectivity index (χ1v) is 12.3. The average Bonchev–Trinajstić information content (AvgIpc) is 2.87. The number of hydrogen-bond acceptors (Lipinski definition) is 3. The second-order valence-corrected chi connectivity index (χ2v) is 9.02. The number of ether oxygens (including phenoxy) is 1. The highest BCUT2D eigenvalue weighted by molar-refractivity contribution is 5.31. The molecule has 0 aromatic heterocycles. The Morgan fingerprint density at radius 1 is 1.03 bits per heavy atom. The van der Waals surface area contributed by atoms with Gasteiger partial charge in [0.2, 0.25) is 0 Å². The Bertz CT molecular complexity index is 879. The highest BCUT2D eigenvalue weighted by atomic mass is 16.5. The van der Waals surface area contributed by atoms with E-state index in [1.807, 2.05) is 30.4 Å². The smallest absolute Gasteiger partial charge is 0.119 e. The van der Waals surface area contributed by atoms with Crippen LogP contribution in [0.1, 0.15) is 62.0 Å². The molecule has 3 nitrogen and oxygen atoms in total. The molecule has 2 aromatic rings. The van der Waals surface area contributed by atoms with Gasteiger partial charge in [-0.1, -0.05) is 98.2 Å². The van der Waals surface area contributed by atoms with Gasteiger partial charge in [-0.3, -0.25) is 0 Å². The van der Waals surface area contributed by atoms with Crippen LogP contribution >= 0.6 is 0 Å². The lowest BCUT2D eigenvalue weighted by Crippen LogP contribution is -2.34. The van der Waals surface area contributed by atoms with E-state index in [-0.39, 0.29) is 12.5 Å². The molecule has 33 heavy (non-hydrogen) atoms. The summed E-state index contributed by atoms with van der Waals surface area (Å²) in [6, 6.07) is 18.9. The predicted molar refractivity (Wildman–Crippen MR) is 139 cm³/mol. The molecule has 0 bridgehead atoms. The van der Waals surface area contributed by atoms with Gasteiger partial charge in [-0.25, -0.2) is 0 Å². The molecule has 2 aromatic carbocycles. The monoisotopic (exact) mass is 445 g/mol. The fourth-order valence-electron chi connectivity index (χ4n) is 4.55. The van der Waals surface area contributed by atoms with Gasteiger partial charge >= 0.3 is 0 Å². The third kappa shape index (κ3) is 8.34. The van der Waals surface area contributed by atoms with Gasteiger partial charge in [-0.05, 0) is 48.9 Å². The fourth-order valence-corrected chi connectivity index (χ4v) is 4.55. The van der Waals surface area contributed by atoms with Crippen LogP contribution in [0, 0.1) is 0 Å². The Morgan fingerprint density at radius 2 is 1.76 bits per heavy atom. The average molecular weight is 446 g/mol. The molecule has 176 valence electrons. The van der Waals surface area contributed by atoms with E-state index in [1.165, 1.54) is 48.8 Å². The Morgan fingerprint density at radius 3 is 2.45 bits per heavy atom. The fraction of sp³-hybridized carbons (Fsp3) is 0.400. The first-order valence-electron chi connectivity index (χ1n) is 12.3. The highest BCUT2D eigenvalue weighted by Gasteiger charge is 2.16. The van der Waals surface area contributed by atoms with Gasteiger partial charge < -0.3 is 15.2 Å². The minimum absolute atomic E-state index is 0.237. The molecule has 0 spiro atoms. The van der Waals surface area contributed by atoms with E-state index in [4.69, 9.17) is 4.74 Å². The van der Waals surface area contributed by atoms with Gasteiger partial charge in [-0.2, -0.15) is 0 Å². The molecule has 3 heteroatoms. The van der Waals surface area contributed by atoms with Crippen LogP contribution < -0.4 is 10.1 Å². The lowest BCUT2D eigenvalue weighted by atomic mass is 9.84. The molecule has 3 rings (SSSR count). The minimum Gasteiger partial charge on any atom is -0.491 e. The van der Waals surface area contributed by atoms with E-state index in [9.17, 15) is 5.11 Å². The highest BCUT2D eigenvalue weighted by Crippen LogP contribution is 2.33. The first kappa shape index (κ1) is 25.0. The SMILES string of the molecule is C=C/C=C\C=C(/C)C(CNCC(O)COc1ccc(C2CCCCC2)cc1)c1ccccc1. The lowest BCUT2D eigenvalue weighted by Gasteiger charge is -2.22. The van der Waals surface area contributed by atoms with Crippen LogP contribution in [0.15, 0.2) is 91.1 Å². The third-order valence-corrected chi connectivity index (χ3v) is 6.49. The molecule has 0 saturated heterocycles. The zero-order valence-corrected chi connectivity index (χ0v) is 20.0. The van der Waals surface area contributed by atoms with Crippen molar-refractivity contribution in [3.8, 4) is 5.75 Å². The van der Waals surface area contributed by atoms with Crippen LogP contribution in [0.2, 0.25) is 0 Å². The summed E-state index contributed by atoms with van der Waals surface area (Å²) in [4.78, 5) is 0. The minimum atomic E-state index is -0.565. The van der Waals surface area contributed by atoms with Crippen LogP contribution in [0.3, 0.4) is 0 Å². The normalized spacial score (nSPS) is 17.1. The van der Waals surface area contributed by atoms with Crippen molar-refractivity contribution in [1.82, 2.24) is 5.32 Å². The largest absolute Gasteiger partial charge is 0.491 e. The Labute approximate surface area is 199 Å². The van der Waals surface area contributed by atoms with Gasteiger partial charge in [0.25, 0.3) is 0 Å². The Balaban J connectivity index is 1.46. The molecule has 1 saturated carbocycles. The van der Waals surface area contributed by atoms with E-state index in [1.54, 1.807) is 6.08 Å². The molecule has 0 heterocycles. The lowest BCUT2D eigenvalue weighted by molar-refractivity contribution is 0.106. The molecule has 0 radical (unpaired) electrons. The van der Waals surface area contributed by atoms with Gasteiger partial charge in [0.05, 0.1) is 0 Å². The Kier molecular flexibility index (Phi) is 10.5. The summed E-state index contributed by atoms with van der Waals surface area (Å²) in [5, 5.41) is 13.9. The van der Waals surface area contributed by atoms with Crippen LogP contribution in [0.5, 0.6) is 5.75 Å². The van der Waals surface area contributed by atoms with E-state index in [0.717, 1.165) is 12.3 Å². The maximum atomic E-state index is 10.4. The summed E-state index contributed by atoms with van der Waals surface area (Å²) in [6.45, 7) is 7.39. The van der Waals surface area contributed by atoms with Crippen LogP contribution in [0.25, 0.3) is 0 Å². The summed E-state index contributed by atoms with van der Waals surface area (Å²) in [6.07, 6.45) is 13.9. The van der Waals surface area contributed by atoms with Crippen molar-refractivity contribution < 1.29 is 9.84 Å². The summed E-state index contributed by atoms with van der Waals surface area (Å²) >= 11 is 0. The zero-order chi connectivity index (χ0) is 23.3. The number of nitrogens with one attached hydrogen (secondary N) is 1. The number of allylic oxidation sites excluding steroid dienone is 4. The van der Waals surface area contributed by atoms with Crippen molar-refractivity contribution in [2.45, 2.75) is 57.0 Å². The van der Waals surface area contributed by atoms with Gasteiger partial charge in [0.15, 0.2) is 0 Å². The summed E-state index contributed by atoms with van der Waals surface area (Å²) < 4.78 is 5.85. The maximum absolute atomic E-state index is 10.4. The van der Waals surface area contributed by atoms with Crippen molar-refractivity contribution in [2.24, 2.45) is 0 Å². The first-order chi connectivity index (χ1) is 16.2. The van der Waals surface area contributed by atoms with Gasteiger partial charge in [0.1, 0.15) is 18.5 Å². The van der Waals surface area contributed by atoms with Crippen molar-refractivity contribution in [3.05, 3.63) is 102 Å². The summed E-state index contributed by atoms with van der Waals surface area (Å²) in [5.74, 6) is 1.76. The molecule has 2 unspecified atom stereocenters. The predicted octanol–water partition coefficient (Wildman–Crippen LogP) is 6.54. The second-order valence-electron chi connectivity index (χ2n) is 9.02. The standard InChI is InChI=1S/C30H39NO2/c1-3-4-7-12-24(2)30(27-15-10-6-11-16-27)22-31-21-28(32)23-33-29-19-17-26(18-20-29)25-13-8-5-9-14-25/h3-4,6-7,10-12,15-20,25,28,30-32H,1,5,8-9,13-14,21-23H2,2H3/b7-4-,24-12+. The van der Waals surface area contributed by atoms with E-state index in [0.29, 0.717) is 12.5 Å². The van der Waals surface area contributed by atoms with E-state index in [2.05, 4.69) is 61.3 Å². The molecule has 1 aliphatic rings. The zero-order valence-electron chi connectivity index (χ0n) is 20.0. The summed E-state index contributed by atoms with van der Waals surface area (Å²) in [5.41, 5.74) is 3.94. The topological polar surface area (TPSA) is 41.5 Å². The van der Waals surface area contributed by atoms with Gasteiger partial charge in [-0.15, -0.1) is 0 Å². The van der Waals surface area contributed by atoms with Gasteiger partial charge in [0, 0.05) is 19.0 Å². The van der Waals surface area contributed by atoms with Crippen molar-refractivity contribution in [1.29, 1.82) is 0 Å². The number of aliphatic hydroxyl groups excluding tert-OH is 1. The molecule has 1 aliphatic carbocycles. The number of rotatable bonds is 12. The van der Waals surface area contributed by atoms with Crippen molar-refractivity contribution >= 4 is 0 Å². The molecule has 0 amide bonds. The summed E-state index contributed by atoms with van der Waals surface area (Å²) in [7, 11) is 0. The molecular weight excluding hydrogens is 406 g/mol. The Hall–Kier alpha value is -2.62. The third-order valence-electron chi connectivity index (χ3n) is 6.49. The number of aliphatic hydroxyl groups is 1. The molecule has 2 atom stereocenters. The molecule has 1 fully saturated rings. The van der Waals surface area contributed by atoms with Crippen LogP contribution in [-0.2, 0) is 0 Å². The van der Waals surface area contributed by atoms with Crippen LogP contribution in [0.4, 0.5) is 0 Å². The van der Waals surface area contributed by atoms with E-state index >= 15 is 0 Å². The molecule has 2 N–H and O–H groups in total. The number of benzene rings is 2. The maximum Gasteiger partial charge on any atom is 0.119 e. The van der Waals surface area contributed by atoms with E-state index < -0.39 is 6.10 Å². The van der Waals surface area contributed by atoms with Crippen LogP contribution in [-0.4, -0.2) is 30.9 Å². The quantitative estimate of drug-likeness (QED) is 0.365.